The van der Waals surface area contributed by atoms with E-state index in [1.54, 1.807) is 0 Å². The number of hydrogen-bond donors (Lipinski definition) is 2. The van der Waals surface area contributed by atoms with E-state index >= 15 is 0 Å². The molecule has 1 heterocycles. The Hall–Kier alpha value is -0.130. The summed E-state index contributed by atoms with van der Waals surface area (Å²) in [6, 6.07) is 0.134. The summed E-state index contributed by atoms with van der Waals surface area (Å²) in [6.45, 7) is 1.11. The maximum atomic E-state index is 11.4. The minimum atomic E-state index is -2.80. The second kappa shape index (κ2) is 4.63. The lowest BCUT2D eigenvalue weighted by molar-refractivity contribution is 0.242. The third kappa shape index (κ3) is 3.18. The number of nitrogens with one attached hydrogen (secondary N) is 1. The molecule has 2 rings (SSSR count). The van der Waals surface area contributed by atoms with Crippen LogP contribution in [0.5, 0.6) is 0 Å². The van der Waals surface area contributed by atoms with Gasteiger partial charge in [0.1, 0.15) is 0 Å². The summed E-state index contributed by atoms with van der Waals surface area (Å²) in [5.74, 6) is 0.648. The van der Waals surface area contributed by atoms with Crippen molar-refractivity contribution in [1.29, 1.82) is 0 Å². The highest BCUT2D eigenvalue weighted by Crippen LogP contribution is 2.48. The highest BCUT2D eigenvalue weighted by Gasteiger charge is 2.42. The molecular weight excluding hydrogens is 226 g/mol. The van der Waals surface area contributed by atoms with Crippen molar-refractivity contribution in [2.45, 2.75) is 38.1 Å². The van der Waals surface area contributed by atoms with E-state index in [1.807, 2.05) is 0 Å². The van der Waals surface area contributed by atoms with E-state index in [1.165, 1.54) is 12.8 Å². The predicted molar refractivity (Wildman–Crippen MR) is 63.0 cm³/mol. The summed E-state index contributed by atoms with van der Waals surface area (Å²) in [4.78, 5) is 0. The van der Waals surface area contributed by atoms with Crippen molar-refractivity contribution in [2.24, 2.45) is 5.41 Å². The largest absolute Gasteiger partial charge is 0.396 e. The zero-order valence-electron chi connectivity index (χ0n) is 9.61. The van der Waals surface area contributed by atoms with E-state index in [9.17, 15) is 8.42 Å². The minimum absolute atomic E-state index is 0.134. The second-order valence-corrected chi connectivity index (χ2v) is 7.54. The first-order chi connectivity index (χ1) is 7.55. The first-order valence-corrected chi connectivity index (χ1v) is 7.92. The Kier molecular flexibility index (Phi) is 3.56. The molecule has 4 nitrogen and oxygen atoms in total. The monoisotopic (exact) mass is 247 g/mol. The van der Waals surface area contributed by atoms with Gasteiger partial charge in [0, 0.05) is 19.2 Å². The van der Waals surface area contributed by atoms with E-state index in [-0.39, 0.29) is 18.1 Å². The van der Waals surface area contributed by atoms with Crippen molar-refractivity contribution < 1.29 is 13.5 Å². The molecule has 0 aromatic heterocycles. The molecule has 2 fully saturated rings. The minimum Gasteiger partial charge on any atom is -0.396 e. The van der Waals surface area contributed by atoms with Crippen LogP contribution in [0.3, 0.4) is 0 Å². The quantitative estimate of drug-likeness (QED) is 0.734. The summed E-state index contributed by atoms with van der Waals surface area (Å²) in [7, 11) is -2.80. The Bertz CT molecular complexity index is 335. The number of rotatable bonds is 5. The van der Waals surface area contributed by atoms with Gasteiger partial charge in [0.05, 0.1) is 11.5 Å². The molecule has 0 amide bonds. The summed E-state index contributed by atoms with van der Waals surface area (Å²) in [5, 5.41) is 12.3. The van der Waals surface area contributed by atoms with Gasteiger partial charge >= 0.3 is 0 Å². The van der Waals surface area contributed by atoms with Crippen LogP contribution in [0, 0.1) is 5.41 Å². The van der Waals surface area contributed by atoms with Crippen LogP contribution in [0.4, 0.5) is 0 Å². The zero-order valence-corrected chi connectivity index (χ0v) is 10.4. The molecule has 0 aromatic carbocycles. The number of sulfone groups is 1. The molecule has 0 spiro atoms. The molecule has 1 unspecified atom stereocenters. The van der Waals surface area contributed by atoms with Gasteiger partial charge in [-0.15, -0.1) is 0 Å². The molecule has 0 radical (unpaired) electrons. The van der Waals surface area contributed by atoms with Crippen LogP contribution in [0.2, 0.25) is 0 Å². The molecule has 0 aromatic rings. The van der Waals surface area contributed by atoms with Crippen LogP contribution in [0.1, 0.15) is 32.1 Å². The highest BCUT2D eigenvalue weighted by atomic mass is 32.2. The van der Waals surface area contributed by atoms with Crippen LogP contribution < -0.4 is 5.32 Å². The average Bonchev–Trinajstić information content (AvgIpc) is 2.95. The molecule has 2 aliphatic rings. The maximum Gasteiger partial charge on any atom is 0.151 e. The molecule has 5 heteroatoms. The lowest BCUT2D eigenvalue weighted by atomic mass is 10.0. The van der Waals surface area contributed by atoms with Crippen molar-refractivity contribution in [2.75, 3.05) is 24.7 Å². The van der Waals surface area contributed by atoms with E-state index in [0.717, 1.165) is 25.8 Å². The Balaban J connectivity index is 1.78. The molecule has 2 N–H and O–H groups in total. The summed E-state index contributed by atoms with van der Waals surface area (Å²) >= 11 is 0. The van der Waals surface area contributed by atoms with Crippen molar-refractivity contribution >= 4 is 9.84 Å². The average molecular weight is 247 g/mol. The van der Waals surface area contributed by atoms with Gasteiger partial charge in [-0.05, 0) is 37.5 Å². The lowest BCUT2D eigenvalue weighted by Crippen LogP contribution is -2.42. The van der Waals surface area contributed by atoms with Gasteiger partial charge in [-0.1, -0.05) is 0 Å². The Labute approximate surface area is 97.3 Å². The third-order valence-corrected chi connectivity index (χ3v) is 5.65. The van der Waals surface area contributed by atoms with Crippen LogP contribution in [-0.2, 0) is 9.84 Å². The normalized spacial score (nSPS) is 31.2. The first-order valence-electron chi connectivity index (χ1n) is 6.10. The van der Waals surface area contributed by atoms with E-state index in [0.29, 0.717) is 11.5 Å². The Morgan fingerprint density at radius 2 is 2.12 bits per heavy atom. The third-order valence-electron chi connectivity index (χ3n) is 3.83. The van der Waals surface area contributed by atoms with E-state index in [2.05, 4.69) is 5.32 Å². The van der Waals surface area contributed by atoms with Crippen LogP contribution in [0.25, 0.3) is 0 Å². The Morgan fingerprint density at radius 3 is 2.69 bits per heavy atom. The van der Waals surface area contributed by atoms with Crippen molar-refractivity contribution in [3.05, 3.63) is 0 Å². The van der Waals surface area contributed by atoms with Crippen molar-refractivity contribution in [3.8, 4) is 0 Å². The van der Waals surface area contributed by atoms with Gasteiger partial charge in [-0.3, -0.25) is 0 Å². The van der Waals surface area contributed by atoms with Gasteiger partial charge in [-0.2, -0.15) is 0 Å². The molecule has 1 aliphatic carbocycles. The molecule has 1 atom stereocenters. The highest BCUT2D eigenvalue weighted by molar-refractivity contribution is 7.91. The summed E-state index contributed by atoms with van der Waals surface area (Å²) in [5.41, 5.74) is 0.274. The standard InChI is InChI=1S/C11H21NO3S/c13-6-5-11(3-4-11)9-12-10-2-1-7-16(14,15)8-10/h10,12-13H,1-9H2. The molecule has 1 saturated heterocycles. The van der Waals surface area contributed by atoms with Crippen LogP contribution in [0.15, 0.2) is 0 Å². The number of aliphatic hydroxyl groups is 1. The van der Waals surface area contributed by atoms with Gasteiger partial charge in [0.25, 0.3) is 0 Å². The van der Waals surface area contributed by atoms with Crippen LogP contribution >= 0.6 is 0 Å². The summed E-state index contributed by atoms with van der Waals surface area (Å²) in [6.07, 6.45) is 4.93. The van der Waals surface area contributed by atoms with Gasteiger partial charge in [-0.25, -0.2) is 8.42 Å². The smallest absolute Gasteiger partial charge is 0.151 e. The number of aliphatic hydroxyl groups excluding tert-OH is 1. The van der Waals surface area contributed by atoms with E-state index < -0.39 is 9.84 Å². The Morgan fingerprint density at radius 1 is 1.38 bits per heavy atom. The topological polar surface area (TPSA) is 66.4 Å². The fraction of sp³-hybridized carbons (Fsp3) is 1.00. The van der Waals surface area contributed by atoms with Crippen molar-refractivity contribution in [3.63, 3.8) is 0 Å². The van der Waals surface area contributed by atoms with Gasteiger partial charge < -0.3 is 10.4 Å². The molecule has 1 saturated carbocycles. The molecule has 0 bridgehead atoms. The number of hydrogen-bond acceptors (Lipinski definition) is 4. The predicted octanol–water partition coefficient (Wildman–Crippen LogP) is 0.316. The summed E-state index contributed by atoms with van der Waals surface area (Å²) < 4.78 is 22.9. The van der Waals surface area contributed by atoms with E-state index in [4.69, 9.17) is 5.11 Å². The van der Waals surface area contributed by atoms with Crippen LogP contribution in [-0.4, -0.2) is 44.2 Å². The molecule has 1 aliphatic heterocycles. The molecule has 94 valence electrons. The first kappa shape index (κ1) is 12.3. The zero-order chi connectivity index (χ0) is 11.6. The SMILES string of the molecule is O=S1(=O)CCCC(NCC2(CCO)CC2)C1. The second-order valence-electron chi connectivity index (χ2n) is 5.31. The molecular formula is C11H21NO3S. The fourth-order valence-corrected chi connectivity index (χ4v) is 4.14. The molecule has 16 heavy (non-hydrogen) atoms. The fourth-order valence-electron chi connectivity index (χ4n) is 2.47. The van der Waals surface area contributed by atoms with Gasteiger partial charge in [0.2, 0.25) is 0 Å². The van der Waals surface area contributed by atoms with Crippen molar-refractivity contribution in [1.82, 2.24) is 5.32 Å². The lowest BCUT2D eigenvalue weighted by Gasteiger charge is -2.25. The van der Waals surface area contributed by atoms with Gasteiger partial charge in [0.15, 0.2) is 9.84 Å². The maximum absolute atomic E-state index is 11.4.